The van der Waals surface area contributed by atoms with Gasteiger partial charge in [-0.05, 0) is 42.9 Å². The molecule has 0 aromatic heterocycles. The molecule has 2 aliphatic rings. The van der Waals surface area contributed by atoms with E-state index in [0.29, 0.717) is 18.1 Å². The highest BCUT2D eigenvalue weighted by Crippen LogP contribution is 2.42. The van der Waals surface area contributed by atoms with Crippen molar-refractivity contribution in [3.8, 4) is 0 Å². The molecule has 2 nitrogen and oxygen atoms in total. The third-order valence-electron chi connectivity index (χ3n) is 4.72. The number of carbonyl (C=O) groups is 1. The number of ketones is 1. The molecule has 0 bridgehead atoms. The summed E-state index contributed by atoms with van der Waals surface area (Å²) in [6, 6.07) is 8.42. The van der Waals surface area contributed by atoms with Crippen LogP contribution in [0.4, 0.5) is 5.69 Å². The molecule has 0 unspecified atom stereocenters. The molecule has 0 spiro atoms. The monoisotopic (exact) mass is 269 g/mol. The number of rotatable bonds is 3. The van der Waals surface area contributed by atoms with Crippen molar-refractivity contribution in [1.82, 2.24) is 0 Å². The van der Waals surface area contributed by atoms with Gasteiger partial charge in [-0.2, -0.15) is 0 Å². The normalized spacial score (nSPS) is 20.0. The Morgan fingerprint density at radius 2 is 1.85 bits per heavy atom. The second-order valence-electron chi connectivity index (χ2n) is 6.25. The van der Waals surface area contributed by atoms with E-state index in [-0.39, 0.29) is 0 Å². The molecule has 0 radical (unpaired) electrons. The fraction of sp³-hybridized carbons (Fsp3) is 0.500. The first-order valence-corrected chi connectivity index (χ1v) is 7.71. The summed E-state index contributed by atoms with van der Waals surface area (Å²) in [5, 5.41) is 0. The van der Waals surface area contributed by atoms with Crippen LogP contribution in [0.2, 0.25) is 0 Å². The van der Waals surface area contributed by atoms with Crippen molar-refractivity contribution in [2.75, 3.05) is 19.0 Å². The summed E-state index contributed by atoms with van der Waals surface area (Å²) >= 11 is 0. The van der Waals surface area contributed by atoms with E-state index in [4.69, 9.17) is 0 Å². The summed E-state index contributed by atoms with van der Waals surface area (Å²) in [6.45, 7) is 0. The number of allylic oxidation sites excluding steroid dienone is 2. The third kappa shape index (κ3) is 2.39. The second-order valence-corrected chi connectivity index (χ2v) is 6.25. The van der Waals surface area contributed by atoms with Gasteiger partial charge in [0.2, 0.25) is 0 Å². The molecule has 0 aliphatic heterocycles. The van der Waals surface area contributed by atoms with Crippen LogP contribution in [-0.4, -0.2) is 19.9 Å². The Balaban J connectivity index is 2.02. The van der Waals surface area contributed by atoms with Crippen LogP contribution in [0.25, 0.3) is 5.57 Å². The summed E-state index contributed by atoms with van der Waals surface area (Å²) in [6.07, 6.45) is 6.91. The number of nitrogens with zero attached hydrogens (tertiary/aromatic N) is 1. The van der Waals surface area contributed by atoms with Gasteiger partial charge in [-0.25, -0.2) is 0 Å². The Hall–Kier alpha value is -1.57. The summed E-state index contributed by atoms with van der Waals surface area (Å²) in [5.41, 5.74) is 4.78. The summed E-state index contributed by atoms with van der Waals surface area (Å²) < 4.78 is 0. The van der Waals surface area contributed by atoms with Crippen molar-refractivity contribution in [2.45, 2.75) is 38.5 Å². The lowest BCUT2D eigenvalue weighted by Gasteiger charge is -2.16. The lowest BCUT2D eigenvalue weighted by Crippen LogP contribution is -2.09. The van der Waals surface area contributed by atoms with Crippen LogP contribution < -0.4 is 4.90 Å². The largest absolute Gasteiger partial charge is 0.378 e. The van der Waals surface area contributed by atoms with Gasteiger partial charge in [0, 0.05) is 31.8 Å². The van der Waals surface area contributed by atoms with E-state index in [1.54, 1.807) is 0 Å². The predicted octanol–water partition coefficient (Wildman–Crippen LogP) is 4.06. The molecular formula is C18H23NO. The minimum absolute atomic E-state index is 0.350. The first-order chi connectivity index (χ1) is 9.66. The first-order valence-electron chi connectivity index (χ1n) is 7.71. The van der Waals surface area contributed by atoms with Crippen molar-refractivity contribution in [2.24, 2.45) is 5.92 Å². The maximum Gasteiger partial charge on any atom is 0.163 e. The van der Waals surface area contributed by atoms with E-state index in [1.807, 2.05) is 14.1 Å². The minimum Gasteiger partial charge on any atom is -0.378 e. The second kappa shape index (κ2) is 5.43. The molecule has 3 rings (SSSR count). The van der Waals surface area contributed by atoms with Gasteiger partial charge in [0.05, 0.1) is 0 Å². The van der Waals surface area contributed by atoms with E-state index in [0.717, 1.165) is 17.6 Å². The summed E-state index contributed by atoms with van der Waals surface area (Å²) in [4.78, 5) is 14.4. The number of benzene rings is 1. The maximum atomic E-state index is 12.4. The van der Waals surface area contributed by atoms with Gasteiger partial charge in [0.1, 0.15) is 0 Å². The number of hydrogen-bond donors (Lipinski definition) is 0. The van der Waals surface area contributed by atoms with Crippen LogP contribution in [0, 0.1) is 5.92 Å². The molecule has 0 amide bonds. The highest BCUT2D eigenvalue weighted by Gasteiger charge is 2.30. The molecular weight excluding hydrogens is 246 g/mol. The zero-order chi connectivity index (χ0) is 14.1. The van der Waals surface area contributed by atoms with Crippen molar-refractivity contribution < 1.29 is 4.79 Å². The fourth-order valence-electron chi connectivity index (χ4n) is 3.65. The van der Waals surface area contributed by atoms with E-state index in [2.05, 4.69) is 29.2 Å². The van der Waals surface area contributed by atoms with E-state index < -0.39 is 0 Å². The van der Waals surface area contributed by atoms with Gasteiger partial charge in [-0.15, -0.1) is 0 Å². The number of Topliss-reactive ketones (excluding diaryl/α,β-unsaturated/α-hetero) is 1. The van der Waals surface area contributed by atoms with Crippen molar-refractivity contribution in [3.63, 3.8) is 0 Å². The Bertz CT molecular complexity index is 550. The summed E-state index contributed by atoms with van der Waals surface area (Å²) in [7, 11) is 4.09. The highest BCUT2D eigenvalue weighted by atomic mass is 16.1. The van der Waals surface area contributed by atoms with Gasteiger partial charge >= 0.3 is 0 Å². The molecule has 1 fully saturated rings. The van der Waals surface area contributed by atoms with E-state index in [1.165, 1.54) is 36.9 Å². The topological polar surface area (TPSA) is 20.3 Å². The molecule has 0 atom stereocenters. The molecule has 1 aromatic carbocycles. The predicted molar refractivity (Wildman–Crippen MR) is 83.9 cm³/mol. The van der Waals surface area contributed by atoms with Crippen molar-refractivity contribution in [1.29, 1.82) is 0 Å². The Morgan fingerprint density at radius 3 is 2.55 bits per heavy atom. The molecule has 0 heterocycles. The SMILES string of the molecule is CN(C)c1cccc(C2=C(C3CCCC3)CCC2=O)c1. The lowest BCUT2D eigenvalue weighted by molar-refractivity contribution is -0.113. The number of hydrogen-bond acceptors (Lipinski definition) is 2. The molecule has 1 aromatic rings. The Labute approximate surface area is 121 Å². The molecule has 20 heavy (non-hydrogen) atoms. The van der Waals surface area contributed by atoms with Gasteiger partial charge in [-0.1, -0.05) is 30.5 Å². The third-order valence-corrected chi connectivity index (χ3v) is 4.72. The van der Waals surface area contributed by atoms with E-state index >= 15 is 0 Å². The van der Waals surface area contributed by atoms with Gasteiger partial charge in [-0.3, -0.25) is 4.79 Å². The minimum atomic E-state index is 0.350. The molecule has 1 saturated carbocycles. The van der Waals surface area contributed by atoms with Crippen LogP contribution in [0.1, 0.15) is 44.1 Å². The van der Waals surface area contributed by atoms with Crippen LogP contribution in [0.3, 0.4) is 0 Å². The first kappa shape index (κ1) is 13.4. The van der Waals surface area contributed by atoms with Crippen LogP contribution >= 0.6 is 0 Å². The van der Waals surface area contributed by atoms with Crippen molar-refractivity contribution in [3.05, 3.63) is 35.4 Å². The van der Waals surface area contributed by atoms with E-state index in [9.17, 15) is 4.79 Å². The maximum absolute atomic E-state index is 12.4. The smallest absolute Gasteiger partial charge is 0.163 e. The van der Waals surface area contributed by atoms with Crippen molar-refractivity contribution >= 4 is 17.0 Å². The highest BCUT2D eigenvalue weighted by molar-refractivity contribution is 6.24. The average molecular weight is 269 g/mol. The van der Waals surface area contributed by atoms with Crippen LogP contribution in [0.5, 0.6) is 0 Å². The quantitative estimate of drug-likeness (QED) is 0.824. The average Bonchev–Trinajstić information content (AvgIpc) is 3.07. The fourth-order valence-corrected chi connectivity index (χ4v) is 3.65. The number of anilines is 1. The van der Waals surface area contributed by atoms with Crippen LogP contribution in [-0.2, 0) is 4.79 Å². The molecule has 2 heteroatoms. The van der Waals surface area contributed by atoms with Gasteiger partial charge in [0.15, 0.2) is 5.78 Å². The summed E-state index contributed by atoms with van der Waals surface area (Å²) in [5.74, 6) is 1.02. The zero-order valence-electron chi connectivity index (χ0n) is 12.5. The van der Waals surface area contributed by atoms with Crippen LogP contribution in [0.15, 0.2) is 29.8 Å². The van der Waals surface area contributed by atoms with Gasteiger partial charge < -0.3 is 4.90 Å². The Morgan fingerprint density at radius 1 is 1.10 bits per heavy atom. The zero-order valence-corrected chi connectivity index (χ0v) is 12.5. The Kier molecular flexibility index (Phi) is 3.64. The molecule has 0 saturated heterocycles. The standard InChI is InChI=1S/C18H23NO/c1-19(2)15-9-5-8-14(12-15)18-16(10-11-17(18)20)13-6-3-4-7-13/h5,8-9,12-13H,3-4,6-7,10-11H2,1-2H3. The molecule has 106 valence electrons. The molecule has 0 N–H and O–H groups in total. The number of carbonyl (C=O) groups excluding carboxylic acids is 1. The van der Waals surface area contributed by atoms with Gasteiger partial charge in [0.25, 0.3) is 0 Å². The lowest BCUT2D eigenvalue weighted by atomic mass is 9.91. The molecule has 2 aliphatic carbocycles.